The molecule has 2 unspecified atom stereocenters. The fourth-order valence-electron chi connectivity index (χ4n) is 5.04. The van der Waals surface area contributed by atoms with E-state index in [2.05, 4.69) is 25.5 Å². The van der Waals surface area contributed by atoms with E-state index in [4.69, 9.17) is 4.74 Å². The molecule has 2 aliphatic heterocycles. The van der Waals surface area contributed by atoms with Crippen LogP contribution in [-0.4, -0.2) is 48.0 Å². The third-order valence-corrected chi connectivity index (χ3v) is 6.70. The highest BCUT2D eigenvalue weighted by atomic mass is 16.5. The Bertz CT molecular complexity index is 1190. The minimum Gasteiger partial charge on any atom is -0.507 e. The van der Waals surface area contributed by atoms with E-state index in [1.54, 1.807) is 31.3 Å². The zero-order chi connectivity index (χ0) is 21.1. The van der Waals surface area contributed by atoms with Gasteiger partial charge < -0.3 is 15.2 Å². The minimum absolute atomic E-state index is 0.0129. The number of aromatic hydroxyl groups is 1. The van der Waals surface area contributed by atoms with Gasteiger partial charge in [-0.3, -0.25) is 4.57 Å². The van der Waals surface area contributed by atoms with E-state index in [-0.39, 0.29) is 17.7 Å². The first-order chi connectivity index (χ1) is 15.0. The summed E-state index contributed by atoms with van der Waals surface area (Å²) in [5.74, 6) is 2.48. The monoisotopic (exact) mass is 418 g/mol. The van der Waals surface area contributed by atoms with Crippen molar-refractivity contribution < 1.29 is 9.84 Å². The standard InChI is InChI=1S/C22H22N6O3/c1-28-10-23-21(25-22(28)30)11-2-3-13(19(29)6-11)16-4-5-20(27-26-16)31-12-7-17-14-9-15(14)18(8-12)24-17/h2-6,10,12,14-15,17-18,24,29H,7-9H2,1H3/t12-,14-,15+,17?,18?. The van der Waals surface area contributed by atoms with Crippen molar-refractivity contribution >= 4 is 0 Å². The summed E-state index contributed by atoms with van der Waals surface area (Å²) >= 11 is 0. The van der Waals surface area contributed by atoms with Gasteiger partial charge in [-0.2, -0.15) is 4.98 Å². The molecule has 3 aliphatic rings. The number of rotatable bonds is 4. The summed E-state index contributed by atoms with van der Waals surface area (Å²) in [5, 5.41) is 22.7. The molecule has 0 radical (unpaired) electrons. The maximum absolute atomic E-state index is 11.7. The van der Waals surface area contributed by atoms with Crippen molar-refractivity contribution in [1.82, 2.24) is 30.0 Å². The molecular formula is C22H22N6O3. The third kappa shape index (κ3) is 3.25. The Morgan fingerprint density at radius 2 is 1.90 bits per heavy atom. The first-order valence-electron chi connectivity index (χ1n) is 10.5. The predicted octanol–water partition coefficient (Wildman–Crippen LogP) is 1.52. The summed E-state index contributed by atoms with van der Waals surface area (Å²) in [6, 6.07) is 9.74. The molecule has 1 aromatic carbocycles. The highest BCUT2D eigenvalue weighted by Gasteiger charge is 2.57. The number of hydrogen-bond donors (Lipinski definition) is 2. The second kappa shape index (κ2) is 6.84. The first kappa shape index (κ1) is 18.4. The van der Waals surface area contributed by atoms with Crippen molar-refractivity contribution in [2.75, 3.05) is 0 Å². The van der Waals surface area contributed by atoms with Gasteiger partial charge in [0.25, 0.3) is 0 Å². The molecule has 9 heteroatoms. The molecule has 2 bridgehead atoms. The van der Waals surface area contributed by atoms with Crippen molar-refractivity contribution in [2.45, 2.75) is 37.5 Å². The van der Waals surface area contributed by atoms with E-state index in [0.717, 1.165) is 24.7 Å². The molecule has 0 spiro atoms. The lowest BCUT2D eigenvalue weighted by atomic mass is 9.98. The van der Waals surface area contributed by atoms with E-state index >= 15 is 0 Å². The Balaban J connectivity index is 1.18. The van der Waals surface area contributed by atoms with Crippen molar-refractivity contribution in [3.05, 3.63) is 47.1 Å². The average molecular weight is 418 g/mol. The lowest BCUT2D eigenvalue weighted by molar-refractivity contribution is 0.119. The van der Waals surface area contributed by atoms with E-state index < -0.39 is 5.69 Å². The Kier molecular flexibility index (Phi) is 4.07. The normalized spacial score (nSPS) is 28.2. The summed E-state index contributed by atoms with van der Waals surface area (Å²) in [7, 11) is 1.58. The molecule has 158 valence electrons. The molecule has 9 nitrogen and oxygen atoms in total. The molecule has 3 fully saturated rings. The van der Waals surface area contributed by atoms with Crippen LogP contribution in [0.15, 0.2) is 41.5 Å². The lowest BCUT2D eigenvalue weighted by Crippen LogP contribution is -2.45. The molecule has 1 aliphatic carbocycles. The second-order valence-corrected chi connectivity index (χ2v) is 8.72. The zero-order valence-corrected chi connectivity index (χ0v) is 17.0. The van der Waals surface area contributed by atoms with Gasteiger partial charge in [0, 0.05) is 49.2 Å². The van der Waals surface area contributed by atoms with Crippen LogP contribution in [0.2, 0.25) is 0 Å². The Morgan fingerprint density at radius 1 is 1.10 bits per heavy atom. The van der Waals surface area contributed by atoms with E-state index in [9.17, 15) is 9.90 Å². The van der Waals surface area contributed by atoms with E-state index in [1.165, 1.54) is 23.4 Å². The number of nitrogens with zero attached hydrogens (tertiary/aromatic N) is 5. The van der Waals surface area contributed by atoms with Crippen LogP contribution in [0.1, 0.15) is 19.3 Å². The lowest BCUT2D eigenvalue weighted by Gasteiger charge is -2.31. The molecule has 5 atom stereocenters. The highest BCUT2D eigenvalue weighted by Crippen LogP contribution is 2.53. The van der Waals surface area contributed by atoms with Crippen molar-refractivity contribution in [1.29, 1.82) is 0 Å². The second-order valence-electron chi connectivity index (χ2n) is 8.72. The number of aryl methyl sites for hydroxylation is 1. The third-order valence-electron chi connectivity index (χ3n) is 6.70. The fraction of sp³-hybridized carbons (Fsp3) is 0.409. The molecule has 1 saturated carbocycles. The Morgan fingerprint density at radius 3 is 2.58 bits per heavy atom. The summed E-state index contributed by atoms with van der Waals surface area (Å²) in [5.41, 5.74) is 1.21. The van der Waals surface area contributed by atoms with E-state index in [1.807, 2.05) is 0 Å². The molecule has 6 rings (SSSR count). The quantitative estimate of drug-likeness (QED) is 0.655. The van der Waals surface area contributed by atoms with Crippen molar-refractivity contribution in [3.63, 3.8) is 0 Å². The van der Waals surface area contributed by atoms with Gasteiger partial charge in [0.1, 0.15) is 18.2 Å². The van der Waals surface area contributed by atoms with Crippen LogP contribution in [0.4, 0.5) is 0 Å². The molecule has 0 amide bonds. The van der Waals surface area contributed by atoms with Crippen LogP contribution in [0.25, 0.3) is 22.6 Å². The number of piperidine rings is 2. The number of ether oxygens (including phenoxy) is 1. The van der Waals surface area contributed by atoms with Gasteiger partial charge in [0.15, 0.2) is 5.82 Å². The number of hydrogen-bond acceptors (Lipinski definition) is 8. The van der Waals surface area contributed by atoms with Gasteiger partial charge in [-0.15, -0.1) is 10.2 Å². The van der Waals surface area contributed by atoms with Crippen LogP contribution in [0.5, 0.6) is 11.6 Å². The van der Waals surface area contributed by atoms with Crippen LogP contribution < -0.4 is 15.7 Å². The fourth-order valence-corrected chi connectivity index (χ4v) is 5.04. The number of benzene rings is 1. The smallest absolute Gasteiger partial charge is 0.350 e. The number of aromatic nitrogens is 5. The highest BCUT2D eigenvalue weighted by molar-refractivity contribution is 5.71. The van der Waals surface area contributed by atoms with Crippen molar-refractivity contribution in [2.24, 2.45) is 18.9 Å². The van der Waals surface area contributed by atoms with Gasteiger partial charge in [0.05, 0.1) is 5.69 Å². The first-order valence-corrected chi connectivity index (χ1v) is 10.5. The van der Waals surface area contributed by atoms with Crippen LogP contribution in [0.3, 0.4) is 0 Å². The van der Waals surface area contributed by atoms with E-state index in [0.29, 0.717) is 34.8 Å². The van der Waals surface area contributed by atoms with Gasteiger partial charge in [-0.05, 0) is 36.5 Å². The molecule has 4 heterocycles. The number of phenolic OH excluding ortho intramolecular Hbond substituents is 1. The number of phenols is 1. The van der Waals surface area contributed by atoms with Crippen LogP contribution >= 0.6 is 0 Å². The SMILES string of the molecule is Cn1cnc(-c2ccc(-c3ccc(O[C@H]4CC5NC(C4)[C@@H]4C[C@H]54)nn3)c(O)c2)nc1=O. The van der Waals surface area contributed by atoms with Gasteiger partial charge in [-0.1, -0.05) is 6.07 Å². The van der Waals surface area contributed by atoms with Crippen molar-refractivity contribution in [3.8, 4) is 34.3 Å². The predicted molar refractivity (Wildman–Crippen MR) is 111 cm³/mol. The maximum Gasteiger partial charge on any atom is 0.350 e. The summed E-state index contributed by atoms with van der Waals surface area (Å²) < 4.78 is 7.39. The molecule has 31 heavy (non-hydrogen) atoms. The largest absolute Gasteiger partial charge is 0.507 e. The molecule has 2 saturated heterocycles. The Labute approximate surface area is 178 Å². The number of nitrogens with one attached hydrogen (secondary N) is 1. The number of fused-ring (bicyclic) bond motifs is 5. The van der Waals surface area contributed by atoms with Crippen LogP contribution in [0, 0.1) is 11.8 Å². The maximum atomic E-state index is 11.7. The molecular weight excluding hydrogens is 396 g/mol. The topological polar surface area (TPSA) is 115 Å². The molecule has 3 aromatic rings. The molecule has 2 aromatic heterocycles. The van der Waals surface area contributed by atoms with Gasteiger partial charge >= 0.3 is 5.69 Å². The van der Waals surface area contributed by atoms with Crippen LogP contribution in [-0.2, 0) is 7.05 Å². The zero-order valence-electron chi connectivity index (χ0n) is 17.0. The van der Waals surface area contributed by atoms with Gasteiger partial charge in [-0.25, -0.2) is 9.78 Å². The average Bonchev–Trinajstić information content (AvgIpc) is 3.53. The Hall–Kier alpha value is -3.33. The summed E-state index contributed by atoms with van der Waals surface area (Å²) in [4.78, 5) is 19.8. The molecule has 2 N–H and O–H groups in total. The minimum atomic E-state index is -0.409. The van der Waals surface area contributed by atoms with Gasteiger partial charge in [0.2, 0.25) is 5.88 Å². The summed E-state index contributed by atoms with van der Waals surface area (Å²) in [6.45, 7) is 0. The summed E-state index contributed by atoms with van der Waals surface area (Å²) in [6.07, 6.45) is 4.99.